The molecule has 1 aliphatic rings. The SMILES string of the molecule is Cc1ccc(C(C)(C)c2nnc(C3CC3)n2C)s1. The Balaban J connectivity index is 2.02. The van der Waals surface area contributed by atoms with E-state index in [-0.39, 0.29) is 5.41 Å². The van der Waals surface area contributed by atoms with Crippen molar-refractivity contribution in [2.24, 2.45) is 7.05 Å². The van der Waals surface area contributed by atoms with Crippen molar-refractivity contribution in [3.63, 3.8) is 0 Å². The Morgan fingerprint density at radius 3 is 2.56 bits per heavy atom. The van der Waals surface area contributed by atoms with Crippen LogP contribution in [0.4, 0.5) is 0 Å². The second-order valence-corrected chi connectivity index (χ2v) is 7.04. The Morgan fingerprint density at radius 1 is 1.28 bits per heavy atom. The molecule has 0 aliphatic heterocycles. The fourth-order valence-electron chi connectivity index (χ4n) is 2.46. The van der Waals surface area contributed by atoms with Gasteiger partial charge in [0.2, 0.25) is 0 Å². The summed E-state index contributed by atoms with van der Waals surface area (Å²) in [6.07, 6.45) is 2.54. The minimum atomic E-state index is -0.0617. The number of nitrogens with zero attached hydrogens (tertiary/aromatic N) is 3. The van der Waals surface area contributed by atoms with E-state index in [0.717, 1.165) is 11.6 Å². The molecule has 0 bridgehead atoms. The second-order valence-electron chi connectivity index (χ2n) is 5.75. The van der Waals surface area contributed by atoms with E-state index in [4.69, 9.17) is 0 Å². The highest BCUT2D eigenvalue weighted by Crippen LogP contribution is 2.41. The summed E-state index contributed by atoms with van der Waals surface area (Å²) < 4.78 is 2.20. The Hall–Kier alpha value is -1.16. The number of aromatic nitrogens is 3. The lowest BCUT2D eigenvalue weighted by Crippen LogP contribution is -2.22. The fraction of sp³-hybridized carbons (Fsp3) is 0.571. The first kappa shape index (κ1) is 11.9. The summed E-state index contributed by atoms with van der Waals surface area (Å²) in [5.74, 6) is 2.88. The minimum Gasteiger partial charge on any atom is -0.317 e. The van der Waals surface area contributed by atoms with Gasteiger partial charge in [0.1, 0.15) is 11.6 Å². The number of hydrogen-bond acceptors (Lipinski definition) is 3. The van der Waals surface area contributed by atoms with E-state index in [1.807, 2.05) is 11.3 Å². The van der Waals surface area contributed by atoms with Gasteiger partial charge in [0.05, 0.1) is 5.41 Å². The molecule has 96 valence electrons. The molecule has 4 heteroatoms. The van der Waals surface area contributed by atoms with Crippen molar-refractivity contribution in [3.05, 3.63) is 33.5 Å². The smallest absolute Gasteiger partial charge is 0.143 e. The van der Waals surface area contributed by atoms with Crippen molar-refractivity contribution < 1.29 is 0 Å². The van der Waals surface area contributed by atoms with Crippen molar-refractivity contribution in [3.8, 4) is 0 Å². The molecule has 0 amide bonds. The van der Waals surface area contributed by atoms with Crippen LogP contribution in [-0.2, 0) is 12.5 Å². The highest BCUT2D eigenvalue weighted by molar-refractivity contribution is 7.12. The van der Waals surface area contributed by atoms with Crippen LogP contribution in [0.3, 0.4) is 0 Å². The van der Waals surface area contributed by atoms with Crippen LogP contribution in [0.2, 0.25) is 0 Å². The molecule has 1 saturated carbocycles. The molecule has 2 aromatic heterocycles. The van der Waals surface area contributed by atoms with Crippen LogP contribution in [0.25, 0.3) is 0 Å². The summed E-state index contributed by atoms with van der Waals surface area (Å²) in [4.78, 5) is 2.71. The highest BCUT2D eigenvalue weighted by atomic mass is 32.1. The molecule has 0 atom stereocenters. The number of rotatable bonds is 3. The van der Waals surface area contributed by atoms with Gasteiger partial charge in [-0.3, -0.25) is 0 Å². The van der Waals surface area contributed by atoms with Crippen LogP contribution in [0, 0.1) is 6.92 Å². The molecule has 0 spiro atoms. The molecule has 0 saturated heterocycles. The normalized spacial score (nSPS) is 16.2. The first-order valence-corrected chi connectivity index (χ1v) is 7.28. The molecule has 0 N–H and O–H groups in total. The monoisotopic (exact) mass is 261 g/mol. The molecule has 1 fully saturated rings. The third-order valence-electron chi connectivity index (χ3n) is 3.77. The molecular weight excluding hydrogens is 242 g/mol. The lowest BCUT2D eigenvalue weighted by molar-refractivity contribution is 0.565. The van der Waals surface area contributed by atoms with Crippen LogP contribution in [0.15, 0.2) is 12.1 Å². The molecule has 18 heavy (non-hydrogen) atoms. The Kier molecular flexibility index (Phi) is 2.59. The number of aryl methyl sites for hydroxylation is 1. The van der Waals surface area contributed by atoms with Crippen LogP contribution in [-0.4, -0.2) is 14.8 Å². The van der Waals surface area contributed by atoms with Crippen LogP contribution in [0.5, 0.6) is 0 Å². The van der Waals surface area contributed by atoms with Gasteiger partial charge in [0.25, 0.3) is 0 Å². The molecule has 2 heterocycles. The third-order valence-corrected chi connectivity index (χ3v) is 5.09. The zero-order valence-corrected chi connectivity index (χ0v) is 12.2. The fourth-order valence-corrected chi connectivity index (χ4v) is 3.43. The van der Waals surface area contributed by atoms with Gasteiger partial charge in [-0.25, -0.2) is 0 Å². The van der Waals surface area contributed by atoms with Gasteiger partial charge in [-0.05, 0) is 45.7 Å². The molecule has 0 unspecified atom stereocenters. The summed E-state index contributed by atoms with van der Waals surface area (Å²) >= 11 is 1.85. The average molecular weight is 261 g/mol. The molecular formula is C14H19N3S. The summed E-state index contributed by atoms with van der Waals surface area (Å²) in [5, 5.41) is 8.85. The molecule has 3 rings (SSSR count). The minimum absolute atomic E-state index is 0.0617. The maximum absolute atomic E-state index is 4.45. The van der Waals surface area contributed by atoms with E-state index in [9.17, 15) is 0 Å². The first-order valence-electron chi connectivity index (χ1n) is 6.47. The van der Waals surface area contributed by atoms with E-state index in [1.165, 1.54) is 22.6 Å². The zero-order valence-electron chi connectivity index (χ0n) is 11.4. The zero-order chi connectivity index (χ0) is 12.9. The van der Waals surface area contributed by atoms with E-state index < -0.39 is 0 Å². The standard InChI is InChI=1S/C14H19N3S/c1-9-5-8-11(18-9)14(2,3)13-16-15-12(17(13)4)10-6-7-10/h5,8,10H,6-7H2,1-4H3. The lowest BCUT2D eigenvalue weighted by atomic mass is 9.90. The van der Waals surface area contributed by atoms with Crippen molar-refractivity contribution in [2.75, 3.05) is 0 Å². The Bertz CT molecular complexity index is 576. The quantitative estimate of drug-likeness (QED) is 0.848. The van der Waals surface area contributed by atoms with Crippen LogP contribution in [0.1, 0.15) is 54.0 Å². The Morgan fingerprint density at radius 2 is 2.00 bits per heavy atom. The van der Waals surface area contributed by atoms with Crippen LogP contribution < -0.4 is 0 Å². The predicted octanol–water partition coefficient (Wildman–Crippen LogP) is 3.39. The van der Waals surface area contributed by atoms with Gasteiger partial charge in [0.15, 0.2) is 0 Å². The third kappa shape index (κ3) is 1.79. The topological polar surface area (TPSA) is 30.7 Å². The summed E-state index contributed by atoms with van der Waals surface area (Å²) in [6, 6.07) is 4.39. The van der Waals surface area contributed by atoms with Crippen molar-refractivity contribution in [2.45, 2.75) is 44.9 Å². The summed E-state index contributed by atoms with van der Waals surface area (Å²) in [6.45, 7) is 6.62. The molecule has 0 radical (unpaired) electrons. The summed E-state index contributed by atoms with van der Waals surface area (Å²) in [5.41, 5.74) is -0.0617. The van der Waals surface area contributed by atoms with Gasteiger partial charge in [-0.15, -0.1) is 21.5 Å². The maximum atomic E-state index is 4.45. The number of hydrogen-bond donors (Lipinski definition) is 0. The van der Waals surface area contributed by atoms with E-state index in [0.29, 0.717) is 5.92 Å². The maximum Gasteiger partial charge on any atom is 0.143 e. The van der Waals surface area contributed by atoms with E-state index in [1.54, 1.807) is 0 Å². The molecule has 3 nitrogen and oxygen atoms in total. The van der Waals surface area contributed by atoms with Crippen molar-refractivity contribution in [1.82, 2.24) is 14.8 Å². The van der Waals surface area contributed by atoms with Gasteiger partial charge >= 0.3 is 0 Å². The number of thiophene rings is 1. The summed E-state index contributed by atoms with van der Waals surface area (Å²) in [7, 11) is 2.10. The van der Waals surface area contributed by atoms with Gasteiger partial charge < -0.3 is 4.57 Å². The highest BCUT2D eigenvalue weighted by Gasteiger charge is 2.34. The Labute approximate surface area is 112 Å². The first-order chi connectivity index (χ1) is 8.50. The van der Waals surface area contributed by atoms with Gasteiger partial charge in [-0.2, -0.15) is 0 Å². The van der Waals surface area contributed by atoms with E-state index in [2.05, 4.69) is 54.7 Å². The van der Waals surface area contributed by atoms with Gasteiger partial charge in [-0.1, -0.05) is 0 Å². The van der Waals surface area contributed by atoms with Crippen molar-refractivity contribution in [1.29, 1.82) is 0 Å². The van der Waals surface area contributed by atoms with Gasteiger partial charge in [0, 0.05) is 22.7 Å². The van der Waals surface area contributed by atoms with E-state index >= 15 is 0 Å². The molecule has 1 aliphatic carbocycles. The second kappa shape index (κ2) is 3.92. The molecule has 0 aromatic carbocycles. The molecule has 2 aromatic rings. The predicted molar refractivity (Wildman–Crippen MR) is 74.2 cm³/mol. The lowest BCUT2D eigenvalue weighted by Gasteiger charge is -2.22. The average Bonchev–Trinajstić information content (AvgIpc) is 2.93. The largest absolute Gasteiger partial charge is 0.317 e. The van der Waals surface area contributed by atoms with Crippen LogP contribution >= 0.6 is 11.3 Å². The van der Waals surface area contributed by atoms with Crippen molar-refractivity contribution >= 4 is 11.3 Å².